The topological polar surface area (TPSA) is 134 Å². The van der Waals surface area contributed by atoms with E-state index in [1.165, 1.54) is 0 Å². The fraction of sp³-hybridized carbons (Fsp3) is 0.500. The maximum absolute atomic E-state index is 11.3. The van der Waals surface area contributed by atoms with Crippen LogP contribution in [-0.4, -0.2) is 68.3 Å². The van der Waals surface area contributed by atoms with Crippen LogP contribution in [-0.2, 0) is 24.9 Å². The third-order valence-corrected chi connectivity index (χ3v) is 10.8. The lowest BCUT2D eigenvalue weighted by atomic mass is 9.97. The summed E-state index contributed by atoms with van der Waals surface area (Å²) in [6.45, 7) is 8.00. The van der Waals surface area contributed by atoms with Crippen LogP contribution in [0, 0.1) is 11.3 Å². The maximum Gasteiger partial charge on any atom is 0.404 e. The normalized spacial score (nSPS) is 20.2. The van der Waals surface area contributed by atoms with Gasteiger partial charge < -0.3 is 24.6 Å². The fourth-order valence-corrected chi connectivity index (χ4v) is 7.76. The Bertz CT molecular complexity index is 1730. The Kier molecular flexibility index (Phi) is 7.83. The Labute approximate surface area is 256 Å². The average molecular weight is 621 g/mol. The van der Waals surface area contributed by atoms with Crippen LogP contribution in [0.15, 0.2) is 24.5 Å². The van der Waals surface area contributed by atoms with Gasteiger partial charge in [0.1, 0.15) is 18.1 Å². The Hall–Kier alpha value is -3.66. The first-order chi connectivity index (χ1) is 20.5. The van der Waals surface area contributed by atoms with Gasteiger partial charge in [-0.1, -0.05) is 37.3 Å². The zero-order valence-electron chi connectivity index (χ0n) is 25.0. The monoisotopic (exact) mass is 620 g/mol. The van der Waals surface area contributed by atoms with Crippen molar-refractivity contribution < 1.29 is 14.6 Å². The summed E-state index contributed by atoms with van der Waals surface area (Å²) in [5.74, 6) is 0.798. The summed E-state index contributed by atoms with van der Waals surface area (Å²) >= 11 is 7.06. The highest BCUT2D eigenvalue weighted by Crippen LogP contribution is 2.42. The van der Waals surface area contributed by atoms with Gasteiger partial charge in [0, 0.05) is 62.6 Å². The first kappa shape index (κ1) is 29.4. The molecule has 2 N–H and O–H groups in total. The number of benzene rings is 1. The molecule has 0 radical (unpaired) electrons. The van der Waals surface area contributed by atoms with Gasteiger partial charge in [0.15, 0.2) is 5.65 Å². The minimum atomic E-state index is -1.26. The molecular weight excluding hydrogens is 584 g/mol. The highest BCUT2D eigenvalue weighted by atomic mass is 35.5. The summed E-state index contributed by atoms with van der Waals surface area (Å²) in [6, 6.07) is 7.54. The highest BCUT2D eigenvalue weighted by molar-refractivity contribution is 6.76. The molecule has 5 heterocycles. The summed E-state index contributed by atoms with van der Waals surface area (Å²) in [5.41, 5.74) is 4.59. The van der Waals surface area contributed by atoms with E-state index >= 15 is 0 Å². The van der Waals surface area contributed by atoms with Crippen LogP contribution in [0.25, 0.3) is 33.2 Å². The quantitative estimate of drug-likeness (QED) is 0.178. The van der Waals surface area contributed by atoms with Gasteiger partial charge in [0.05, 0.1) is 34.9 Å². The molecular formula is C30H37ClN8O3Si. The van der Waals surface area contributed by atoms with E-state index in [0.717, 1.165) is 70.8 Å². The van der Waals surface area contributed by atoms with Crippen molar-refractivity contribution in [3.05, 3.63) is 35.2 Å². The molecule has 2 aliphatic rings. The fourth-order valence-electron chi connectivity index (χ4n) is 6.64. The minimum absolute atomic E-state index is 0.0476. The molecule has 13 heteroatoms. The number of anilines is 1. The number of nitrogens with one attached hydrogen (secondary N) is 1. The maximum atomic E-state index is 11.3. The molecule has 2 aliphatic heterocycles. The zero-order valence-corrected chi connectivity index (χ0v) is 26.7. The van der Waals surface area contributed by atoms with E-state index in [-0.39, 0.29) is 24.5 Å². The predicted octanol–water partition coefficient (Wildman–Crippen LogP) is 5.78. The predicted molar refractivity (Wildman–Crippen MR) is 169 cm³/mol. The van der Waals surface area contributed by atoms with E-state index in [0.29, 0.717) is 24.0 Å². The largest absolute Gasteiger partial charge is 0.465 e. The lowest BCUT2D eigenvalue weighted by Crippen LogP contribution is -2.50. The van der Waals surface area contributed by atoms with E-state index in [9.17, 15) is 15.2 Å². The zero-order chi connectivity index (χ0) is 30.5. The van der Waals surface area contributed by atoms with Crippen LogP contribution in [0.3, 0.4) is 0 Å². The summed E-state index contributed by atoms with van der Waals surface area (Å²) < 4.78 is 9.89. The van der Waals surface area contributed by atoms with Crippen LogP contribution in [0.5, 0.6) is 0 Å². The number of halogens is 1. The highest BCUT2D eigenvalue weighted by Gasteiger charge is 2.42. The molecule has 3 aromatic heterocycles. The number of carbonyl (C=O) groups is 1. The Morgan fingerprint density at radius 2 is 1.98 bits per heavy atom. The lowest BCUT2D eigenvalue weighted by Gasteiger charge is -2.39. The molecule has 0 aliphatic carbocycles. The Balaban J connectivity index is 1.40. The Morgan fingerprint density at radius 3 is 2.65 bits per heavy atom. The molecule has 4 aromatic rings. The number of hydrogen-bond donors (Lipinski definition) is 2. The molecule has 11 nitrogen and oxygen atoms in total. The van der Waals surface area contributed by atoms with E-state index in [1.807, 2.05) is 36.1 Å². The van der Waals surface area contributed by atoms with Gasteiger partial charge in [-0.2, -0.15) is 10.4 Å². The SMILES string of the molecule is Cn1nc2ccc(-c3cn(COCC[Si](C)(C)C)c4nc(N5[C@@H]6CC[C@H]5CC(NC(=O)O)C6)cnc34)c(Cl)c2c1CC#N. The molecule has 2 saturated heterocycles. The van der Waals surface area contributed by atoms with Crippen molar-refractivity contribution in [3.8, 4) is 17.2 Å². The van der Waals surface area contributed by atoms with Gasteiger partial charge in [0.2, 0.25) is 0 Å². The molecule has 1 amide bonds. The van der Waals surface area contributed by atoms with Crippen molar-refractivity contribution >= 4 is 53.7 Å². The van der Waals surface area contributed by atoms with Crippen LogP contribution < -0.4 is 10.2 Å². The number of hydrogen-bond acceptors (Lipinski definition) is 7. The number of aryl methyl sites for hydroxylation is 1. The van der Waals surface area contributed by atoms with Crippen molar-refractivity contribution in [2.24, 2.45) is 7.05 Å². The van der Waals surface area contributed by atoms with Crippen molar-refractivity contribution in [2.45, 2.75) is 82.6 Å². The number of carboxylic acid groups (broad SMARTS) is 1. The van der Waals surface area contributed by atoms with Crippen molar-refractivity contribution in [1.29, 1.82) is 5.26 Å². The molecule has 2 bridgehead atoms. The molecule has 0 spiro atoms. The van der Waals surface area contributed by atoms with E-state index < -0.39 is 14.2 Å². The van der Waals surface area contributed by atoms with Gasteiger partial charge in [-0.3, -0.25) is 4.68 Å². The first-order valence-electron chi connectivity index (χ1n) is 14.8. The van der Waals surface area contributed by atoms with Crippen LogP contribution >= 0.6 is 11.6 Å². The third kappa shape index (κ3) is 5.69. The number of amides is 1. The third-order valence-electron chi connectivity index (χ3n) is 8.70. The summed E-state index contributed by atoms with van der Waals surface area (Å²) in [6.07, 6.45) is 6.57. The second-order valence-electron chi connectivity index (χ2n) is 12.9. The van der Waals surface area contributed by atoms with Gasteiger partial charge in [-0.05, 0) is 37.8 Å². The summed E-state index contributed by atoms with van der Waals surface area (Å²) in [5, 5.41) is 27.2. The number of nitriles is 1. The molecule has 6 rings (SSSR count). The standard InChI is InChI=1S/C30H37ClN8O3Si/c1-37-24(9-10-32)26-23(36-37)8-7-21(27(26)31)22-16-38(17-42-11-12-43(2,3)4)29-28(22)33-15-25(35-29)39-19-5-6-20(39)14-18(13-19)34-30(40)41/h7-8,15-16,18-20,34H,5-6,9,11-14,17H2,1-4H3,(H,40,41)/t18?,19-,20+. The van der Waals surface area contributed by atoms with Gasteiger partial charge >= 0.3 is 6.09 Å². The number of aromatic nitrogens is 5. The number of piperidine rings is 1. The number of fused-ring (bicyclic) bond motifs is 4. The molecule has 1 unspecified atom stereocenters. The van der Waals surface area contributed by atoms with Crippen LogP contribution in [0.1, 0.15) is 31.4 Å². The lowest BCUT2D eigenvalue weighted by molar-refractivity contribution is 0.0899. The first-order valence-corrected chi connectivity index (χ1v) is 18.9. The molecule has 226 valence electrons. The molecule has 0 saturated carbocycles. The van der Waals surface area contributed by atoms with Crippen molar-refractivity contribution in [3.63, 3.8) is 0 Å². The van der Waals surface area contributed by atoms with E-state index in [2.05, 4.69) is 41.0 Å². The number of nitrogens with zero attached hydrogens (tertiary/aromatic N) is 7. The van der Waals surface area contributed by atoms with Crippen LogP contribution in [0.4, 0.5) is 10.6 Å². The van der Waals surface area contributed by atoms with E-state index in [4.69, 9.17) is 26.3 Å². The molecule has 43 heavy (non-hydrogen) atoms. The number of rotatable bonds is 9. The Morgan fingerprint density at radius 1 is 1.23 bits per heavy atom. The average Bonchev–Trinajstić information content (AvgIpc) is 3.55. The summed E-state index contributed by atoms with van der Waals surface area (Å²) in [4.78, 5) is 23.7. The van der Waals surface area contributed by atoms with Gasteiger partial charge in [0.25, 0.3) is 0 Å². The van der Waals surface area contributed by atoms with Gasteiger partial charge in [-0.15, -0.1) is 0 Å². The molecule has 1 aromatic carbocycles. The van der Waals surface area contributed by atoms with Crippen LogP contribution in [0.2, 0.25) is 30.7 Å². The van der Waals surface area contributed by atoms with Gasteiger partial charge in [-0.25, -0.2) is 14.8 Å². The van der Waals surface area contributed by atoms with E-state index in [1.54, 1.807) is 4.68 Å². The second-order valence-corrected chi connectivity index (χ2v) is 18.9. The summed E-state index contributed by atoms with van der Waals surface area (Å²) in [7, 11) is 0.571. The number of ether oxygens (including phenoxy) is 1. The van der Waals surface area contributed by atoms with Crippen molar-refractivity contribution in [2.75, 3.05) is 11.5 Å². The molecule has 2 fully saturated rings. The minimum Gasteiger partial charge on any atom is -0.465 e. The second kappa shape index (κ2) is 11.4. The van der Waals surface area contributed by atoms with Crippen molar-refractivity contribution in [1.82, 2.24) is 29.6 Å². The smallest absolute Gasteiger partial charge is 0.404 e. The molecule has 3 atom stereocenters.